The highest BCUT2D eigenvalue weighted by Gasteiger charge is 2.31. The number of aromatic nitrogens is 2. The van der Waals surface area contributed by atoms with Gasteiger partial charge in [0.25, 0.3) is 5.91 Å². The normalized spacial score (nSPS) is 14.1. The van der Waals surface area contributed by atoms with Crippen LogP contribution in [0.4, 0.5) is 5.82 Å². The van der Waals surface area contributed by atoms with Gasteiger partial charge in [0.15, 0.2) is 11.5 Å². The number of carboxylic acid groups (broad SMARTS) is 1. The second-order valence-electron chi connectivity index (χ2n) is 4.11. The topological polar surface area (TPSA) is 95.4 Å². The summed E-state index contributed by atoms with van der Waals surface area (Å²) in [7, 11) is 1.51. The van der Waals surface area contributed by atoms with Crippen LogP contribution in [0.3, 0.4) is 0 Å². The molecule has 2 N–H and O–H groups in total. The molecule has 0 atom stereocenters. The first-order valence-electron chi connectivity index (χ1n) is 5.66. The molecule has 18 heavy (non-hydrogen) atoms. The van der Waals surface area contributed by atoms with Gasteiger partial charge < -0.3 is 15.3 Å². The number of rotatable bonds is 5. The van der Waals surface area contributed by atoms with Crippen LogP contribution >= 0.6 is 0 Å². The highest BCUT2D eigenvalue weighted by Crippen LogP contribution is 2.29. The van der Waals surface area contributed by atoms with Gasteiger partial charge in [-0.15, -0.1) is 10.2 Å². The number of aliphatic carboxylic acids is 1. The SMILES string of the molecule is CNC(=O)c1ccc(N(CC(=O)O)C2CC2)nn1. The van der Waals surface area contributed by atoms with Crippen molar-refractivity contribution in [1.29, 1.82) is 0 Å². The van der Waals surface area contributed by atoms with Crippen molar-refractivity contribution in [3.05, 3.63) is 17.8 Å². The Bertz CT molecular complexity index is 456. The zero-order valence-corrected chi connectivity index (χ0v) is 9.96. The molecule has 1 heterocycles. The summed E-state index contributed by atoms with van der Waals surface area (Å²) in [6.45, 7) is -0.0985. The minimum absolute atomic E-state index is 0.0985. The van der Waals surface area contributed by atoms with E-state index in [-0.39, 0.29) is 24.2 Å². The third-order valence-electron chi connectivity index (χ3n) is 2.70. The van der Waals surface area contributed by atoms with Crippen molar-refractivity contribution in [3.63, 3.8) is 0 Å². The van der Waals surface area contributed by atoms with Crippen molar-refractivity contribution in [1.82, 2.24) is 15.5 Å². The van der Waals surface area contributed by atoms with Crippen LogP contribution < -0.4 is 10.2 Å². The number of carbonyl (C=O) groups excluding carboxylic acids is 1. The summed E-state index contributed by atoms with van der Waals surface area (Å²) < 4.78 is 0. The average Bonchev–Trinajstić information content (AvgIpc) is 3.19. The fraction of sp³-hybridized carbons (Fsp3) is 0.455. The second kappa shape index (κ2) is 4.99. The molecule has 1 saturated carbocycles. The van der Waals surface area contributed by atoms with E-state index in [1.165, 1.54) is 7.05 Å². The molecule has 0 unspecified atom stereocenters. The van der Waals surface area contributed by atoms with Gasteiger partial charge in [0.1, 0.15) is 6.54 Å². The standard InChI is InChI=1S/C11H14N4O3/c1-12-11(18)8-4-5-9(14-13-8)15(6-10(16)17)7-2-3-7/h4-5,7H,2-3,6H2,1H3,(H,12,18)(H,16,17). The second-order valence-corrected chi connectivity index (χ2v) is 4.11. The number of nitrogens with one attached hydrogen (secondary N) is 1. The molecule has 1 aromatic heterocycles. The van der Waals surface area contributed by atoms with Gasteiger partial charge in [-0.3, -0.25) is 9.59 Å². The molecule has 1 aromatic rings. The van der Waals surface area contributed by atoms with Crippen LogP contribution in [-0.2, 0) is 4.79 Å². The summed E-state index contributed by atoms with van der Waals surface area (Å²) in [5.41, 5.74) is 0.215. The van der Waals surface area contributed by atoms with Gasteiger partial charge >= 0.3 is 5.97 Å². The Kier molecular flexibility index (Phi) is 3.40. The highest BCUT2D eigenvalue weighted by atomic mass is 16.4. The van der Waals surface area contributed by atoms with E-state index in [2.05, 4.69) is 15.5 Å². The van der Waals surface area contributed by atoms with Crippen LogP contribution in [0.5, 0.6) is 0 Å². The average molecular weight is 250 g/mol. The number of carboxylic acids is 1. The van der Waals surface area contributed by atoms with E-state index in [0.29, 0.717) is 5.82 Å². The first-order chi connectivity index (χ1) is 8.61. The smallest absolute Gasteiger partial charge is 0.323 e. The Balaban J connectivity index is 2.15. The van der Waals surface area contributed by atoms with E-state index < -0.39 is 5.97 Å². The van der Waals surface area contributed by atoms with E-state index in [1.54, 1.807) is 17.0 Å². The van der Waals surface area contributed by atoms with Crippen molar-refractivity contribution in [2.75, 3.05) is 18.5 Å². The molecule has 96 valence electrons. The molecule has 7 heteroatoms. The molecule has 1 fully saturated rings. The molecule has 0 radical (unpaired) electrons. The quantitative estimate of drug-likeness (QED) is 0.757. The predicted molar refractivity (Wildman–Crippen MR) is 63.4 cm³/mol. The van der Waals surface area contributed by atoms with Gasteiger partial charge in [0.05, 0.1) is 0 Å². The van der Waals surface area contributed by atoms with Crippen LogP contribution in [-0.4, -0.2) is 46.8 Å². The lowest BCUT2D eigenvalue weighted by Crippen LogP contribution is -2.32. The molecule has 0 bridgehead atoms. The van der Waals surface area contributed by atoms with Crippen LogP contribution in [0.25, 0.3) is 0 Å². The molecule has 0 spiro atoms. The summed E-state index contributed by atoms with van der Waals surface area (Å²) in [6, 6.07) is 3.39. The molecule has 1 amide bonds. The van der Waals surface area contributed by atoms with Crippen molar-refractivity contribution < 1.29 is 14.7 Å². The summed E-state index contributed by atoms with van der Waals surface area (Å²) in [5, 5.41) is 19.0. The van der Waals surface area contributed by atoms with Crippen molar-refractivity contribution >= 4 is 17.7 Å². The largest absolute Gasteiger partial charge is 0.480 e. The van der Waals surface area contributed by atoms with Gasteiger partial charge in [-0.1, -0.05) is 0 Å². The van der Waals surface area contributed by atoms with Crippen molar-refractivity contribution in [2.24, 2.45) is 0 Å². The fourth-order valence-corrected chi connectivity index (χ4v) is 1.66. The Hall–Kier alpha value is -2.18. The summed E-state index contributed by atoms with van der Waals surface area (Å²) in [4.78, 5) is 23.8. The number of carbonyl (C=O) groups is 2. The molecule has 0 aromatic carbocycles. The molecule has 0 saturated heterocycles. The fourth-order valence-electron chi connectivity index (χ4n) is 1.66. The van der Waals surface area contributed by atoms with Gasteiger partial charge in [0.2, 0.25) is 0 Å². The Morgan fingerprint density at radius 1 is 1.44 bits per heavy atom. The van der Waals surface area contributed by atoms with Gasteiger partial charge in [-0.25, -0.2) is 0 Å². The lowest BCUT2D eigenvalue weighted by molar-refractivity contribution is -0.135. The van der Waals surface area contributed by atoms with Crippen LogP contribution in [0.15, 0.2) is 12.1 Å². The maximum Gasteiger partial charge on any atom is 0.323 e. The van der Waals surface area contributed by atoms with Crippen LogP contribution in [0, 0.1) is 0 Å². The van der Waals surface area contributed by atoms with Crippen LogP contribution in [0.2, 0.25) is 0 Å². The maximum atomic E-state index is 11.3. The molecule has 1 aliphatic carbocycles. The summed E-state index contributed by atoms with van der Waals surface area (Å²) in [6.07, 6.45) is 1.93. The number of hydrogen-bond acceptors (Lipinski definition) is 5. The van der Waals surface area contributed by atoms with E-state index in [4.69, 9.17) is 5.11 Å². The molecular weight excluding hydrogens is 236 g/mol. The molecular formula is C11H14N4O3. The number of amides is 1. The van der Waals surface area contributed by atoms with Crippen molar-refractivity contribution in [2.45, 2.75) is 18.9 Å². The zero-order valence-electron chi connectivity index (χ0n) is 9.96. The number of nitrogens with zero attached hydrogens (tertiary/aromatic N) is 3. The lowest BCUT2D eigenvalue weighted by Gasteiger charge is -2.20. The first-order valence-corrected chi connectivity index (χ1v) is 5.66. The van der Waals surface area contributed by atoms with Gasteiger partial charge in [0, 0.05) is 13.1 Å². The maximum absolute atomic E-state index is 11.3. The van der Waals surface area contributed by atoms with E-state index >= 15 is 0 Å². The van der Waals surface area contributed by atoms with Gasteiger partial charge in [-0.05, 0) is 25.0 Å². The third kappa shape index (κ3) is 2.73. The Morgan fingerprint density at radius 3 is 2.61 bits per heavy atom. The predicted octanol–water partition coefficient (Wildman–Crippen LogP) is -0.110. The Morgan fingerprint density at radius 2 is 2.17 bits per heavy atom. The number of anilines is 1. The summed E-state index contributed by atoms with van der Waals surface area (Å²) >= 11 is 0. The lowest BCUT2D eigenvalue weighted by atomic mass is 10.3. The van der Waals surface area contributed by atoms with Crippen LogP contribution in [0.1, 0.15) is 23.3 Å². The van der Waals surface area contributed by atoms with Crippen molar-refractivity contribution in [3.8, 4) is 0 Å². The minimum Gasteiger partial charge on any atom is -0.480 e. The first kappa shape index (κ1) is 12.3. The van der Waals surface area contributed by atoms with Gasteiger partial charge in [-0.2, -0.15) is 0 Å². The summed E-state index contributed by atoms with van der Waals surface area (Å²) in [5.74, 6) is -0.725. The molecule has 2 rings (SSSR count). The van der Waals surface area contributed by atoms with E-state index in [9.17, 15) is 9.59 Å². The zero-order chi connectivity index (χ0) is 13.1. The molecule has 0 aliphatic heterocycles. The number of hydrogen-bond donors (Lipinski definition) is 2. The Labute approximate surface area is 104 Å². The van der Waals surface area contributed by atoms with E-state index in [0.717, 1.165) is 12.8 Å². The minimum atomic E-state index is -0.904. The highest BCUT2D eigenvalue weighted by molar-refractivity contribution is 5.91. The molecule has 7 nitrogen and oxygen atoms in total. The third-order valence-corrected chi connectivity index (χ3v) is 2.70. The monoisotopic (exact) mass is 250 g/mol. The van der Waals surface area contributed by atoms with E-state index in [1.807, 2.05) is 0 Å². The molecule has 1 aliphatic rings.